The highest BCUT2D eigenvalue weighted by atomic mass is 35.5. The van der Waals surface area contributed by atoms with Gasteiger partial charge in [-0.2, -0.15) is 0 Å². The van der Waals surface area contributed by atoms with Crippen LogP contribution in [0.1, 0.15) is 31.9 Å². The van der Waals surface area contributed by atoms with Gasteiger partial charge in [-0.05, 0) is 38.1 Å². The zero-order valence-corrected chi connectivity index (χ0v) is 12.5. The summed E-state index contributed by atoms with van der Waals surface area (Å²) in [6, 6.07) is 5.89. The van der Waals surface area contributed by atoms with Crippen molar-refractivity contribution in [1.82, 2.24) is 5.32 Å². The van der Waals surface area contributed by atoms with E-state index in [2.05, 4.69) is 19.2 Å². The first-order valence-corrected chi connectivity index (χ1v) is 6.46. The second-order valence-electron chi connectivity index (χ2n) is 4.49. The van der Waals surface area contributed by atoms with Crippen LogP contribution in [-0.4, -0.2) is 26.9 Å². The minimum Gasteiger partial charge on any atom is -0.495 e. The molecule has 0 spiro atoms. The molecule has 1 aromatic rings. The standard InChI is InChI=1S/C14H22ClNO2/c1-6-14(2,18-5)13(16-3)10-7-8-11(15)12(9-10)17-4/h7-9,13,16H,6H2,1-5H3. The molecular weight excluding hydrogens is 250 g/mol. The van der Waals surface area contributed by atoms with Crippen LogP contribution in [0, 0.1) is 0 Å². The Kier molecular flexibility index (Phi) is 5.45. The molecule has 2 unspecified atom stereocenters. The SMILES string of the molecule is CCC(C)(OC)C(NC)c1ccc(Cl)c(OC)c1. The third-order valence-electron chi connectivity index (χ3n) is 3.58. The minimum atomic E-state index is -0.270. The molecule has 0 aromatic heterocycles. The Morgan fingerprint density at radius 1 is 1.39 bits per heavy atom. The predicted molar refractivity (Wildman–Crippen MR) is 75.5 cm³/mol. The second-order valence-corrected chi connectivity index (χ2v) is 4.89. The lowest BCUT2D eigenvalue weighted by Gasteiger charge is -2.36. The van der Waals surface area contributed by atoms with E-state index >= 15 is 0 Å². The fraction of sp³-hybridized carbons (Fsp3) is 0.571. The first-order chi connectivity index (χ1) is 8.52. The number of hydrogen-bond donors (Lipinski definition) is 1. The average molecular weight is 272 g/mol. The van der Waals surface area contributed by atoms with Gasteiger partial charge in [-0.1, -0.05) is 24.6 Å². The van der Waals surface area contributed by atoms with E-state index in [4.69, 9.17) is 21.1 Å². The quantitative estimate of drug-likeness (QED) is 0.860. The molecule has 1 aromatic carbocycles. The fourth-order valence-electron chi connectivity index (χ4n) is 2.15. The van der Waals surface area contributed by atoms with Gasteiger partial charge in [0.1, 0.15) is 5.75 Å². The highest BCUT2D eigenvalue weighted by Gasteiger charge is 2.33. The van der Waals surface area contributed by atoms with Crippen LogP contribution in [0.15, 0.2) is 18.2 Å². The summed E-state index contributed by atoms with van der Waals surface area (Å²) in [5, 5.41) is 3.93. The van der Waals surface area contributed by atoms with E-state index < -0.39 is 0 Å². The van der Waals surface area contributed by atoms with Crippen LogP contribution in [0.5, 0.6) is 5.75 Å². The molecule has 0 bridgehead atoms. The maximum atomic E-state index is 6.05. The van der Waals surface area contributed by atoms with E-state index in [9.17, 15) is 0 Å². The topological polar surface area (TPSA) is 30.5 Å². The van der Waals surface area contributed by atoms with Gasteiger partial charge < -0.3 is 14.8 Å². The van der Waals surface area contributed by atoms with Crippen molar-refractivity contribution in [3.63, 3.8) is 0 Å². The monoisotopic (exact) mass is 271 g/mol. The number of methoxy groups -OCH3 is 2. The summed E-state index contributed by atoms with van der Waals surface area (Å²) < 4.78 is 10.9. The number of likely N-dealkylation sites (N-methyl/N-ethyl adjacent to an activating group) is 1. The van der Waals surface area contributed by atoms with Crippen LogP contribution < -0.4 is 10.1 Å². The van der Waals surface area contributed by atoms with Crippen molar-refractivity contribution >= 4 is 11.6 Å². The first kappa shape index (κ1) is 15.3. The third-order valence-corrected chi connectivity index (χ3v) is 3.89. The van der Waals surface area contributed by atoms with E-state index in [0.29, 0.717) is 10.8 Å². The van der Waals surface area contributed by atoms with Crippen molar-refractivity contribution in [2.75, 3.05) is 21.3 Å². The second kappa shape index (κ2) is 6.41. The zero-order valence-electron chi connectivity index (χ0n) is 11.7. The molecule has 0 fully saturated rings. The lowest BCUT2D eigenvalue weighted by molar-refractivity contribution is -0.0280. The van der Waals surface area contributed by atoms with Crippen molar-refractivity contribution in [2.45, 2.75) is 31.9 Å². The molecule has 0 aliphatic heterocycles. The van der Waals surface area contributed by atoms with Crippen LogP contribution >= 0.6 is 11.6 Å². The number of rotatable bonds is 6. The Labute approximate surface area is 114 Å². The average Bonchev–Trinajstić information content (AvgIpc) is 2.40. The highest BCUT2D eigenvalue weighted by Crippen LogP contribution is 2.35. The molecule has 0 saturated heterocycles. The van der Waals surface area contributed by atoms with Crippen LogP contribution in [-0.2, 0) is 4.74 Å². The van der Waals surface area contributed by atoms with Gasteiger partial charge in [-0.3, -0.25) is 0 Å². The summed E-state index contributed by atoms with van der Waals surface area (Å²) in [6.07, 6.45) is 0.903. The molecule has 0 aliphatic rings. The van der Waals surface area contributed by atoms with Crippen LogP contribution in [0.4, 0.5) is 0 Å². The van der Waals surface area contributed by atoms with Crippen molar-refractivity contribution in [3.05, 3.63) is 28.8 Å². The van der Waals surface area contributed by atoms with E-state index in [1.165, 1.54) is 0 Å². The number of benzene rings is 1. The maximum Gasteiger partial charge on any atom is 0.137 e. The summed E-state index contributed by atoms with van der Waals surface area (Å²) in [7, 11) is 5.29. The van der Waals surface area contributed by atoms with E-state index in [1.807, 2.05) is 25.2 Å². The van der Waals surface area contributed by atoms with Gasteiger partial charge >= 0.3 is 0 Å². The molecule has 1 rings (SSSR count). The van der Waals surface area contributed by atoms with Crippen molar-refractivity contribution in [2.24, 2.45) is 0 Å². The molecule has 0 radical (unpaired) electrons. The Hall–Kier alpha value is -0.770. The van der Waals surface area contributed by atoms with Crippen molar-refractivity contribution < 1.29 is 9.47 Å². The first-order valence-electron chi connectivity index (χ1n) is 6.08. The molecule has 1 N–H and O–H groups in total. The summed E-state index contributed by atoms with van der Waals surface area (Å²) in [5.74, 6) is 0.684. The third kappa shape index (κ3) is 2.97. The number of halogens is 1. The molecule has 0 saturated carbocycles. The number of ether oxygens (including phenoxy) is 2. The molecular formula is C14H22ClNO2. The van der Waals surface area contributed by atoms with Crippen LogP contribution in [0.3, 0.4) is 0 Å². The van der Waals surface area contributed by atoms with E-state index in [0.717, 1.165) is 12.0 Å². The Morgan fingerprint density at radius 2 is 2.06 bits per heavy atom. The highest BCUT2D eigenvalue weighted by molar-refractivity contribution is 6.32. The van der Waals surface area contributed by atoms with Gasteiger partial charge in [-0.25, -0.2) is 0 Å². The van der Waals surface area contributed by atoms with Gasteiger partial charge in [0.15, 0.2) is 0 Å². The van der Waals surface area contributed by atoms with Gasteiger partial charge in [0, 0.05) is 7.11 Å². The molecule has 102 valence electrons. The smallest absolute Gasteiger partial charge is 0.137 e. The fourth-order valence-corrected chi connectivity index (χ4v) is 2.34. The van der Waals surface area contributed by atoms with E-state index in [-0.39, 0.29) is 11.6 Å². The number of nitrogens with one attached hydrogen (secondary N) is 1. The largest absolute Gasteiger partial charge is 0.495 e. The Bertz CT molecular complexity index is 391. The molecule has 4 heteroatoms. The maximum absolute atomic E-state index is 6.05. The van der Waals surface area contributed by atoms with Crippen molar-refractivity contribution in [3.8, 4) is 5.75 Å². The number of hydrogen-bond acceptors (Lipinski definition) is 3. The normalized spacial score (nSPS) is 16.1. The predicted octanol–water partition coefficient (Wildman–Crippen LogP) is 3.42. The molecule has 0 amide bonds. The lowest BCUT2D eigenvalue weighted by Crippen LogP contribution is -2.41. The van der Waals surface area contributed by atoms with E-state index in [1.54, 1.807) is 14.2 Å². The molecule has 0 heterocycles. The van der Waals surface area contributed by atoms with Crippen LogP contribution in [0.2, 0.25) is 5.02 Å². The molecule has 18 heavy (non-hydrogen) atoms. The van der Waals surface area contributed by atoms with Gasteiger partial charge in [0.25, 0.3) is 0 Å². The zero-order chi connectivity index (χ0) is 13.8. The van der Waals surface area contributed by atoms with Gasteiger partial charge in [0.05, 0.1) is 23.8 Å². The summed E-state index contributed by atoms with van der Waals surface area (Å²) >= 11 is 6.05. The summed E-state index contributed by atoms with van der Waals surface area (Å²) in [5.41, 5.74) is 0.832. The Morgan fingerprint density at radius 3 is 2.50 bits per heavy atom. The summed E-state index contributed by atoms with van der Waals surface area (Å²) in [6.45, 7) is 4.20. The molecule has 0 aliphatic carbocycles. The summed E-state index contributed by atoms with van der Waals surface area (Å²) in [4.78, 5) is 0. The lowest BCUT2D eigenvalue weighted by atomic mass is 9.87. The molecule has 2 atom stereocenters. The van der Waals surface area contributed by atoms with Gasteiger partial charge in [-0.15, -0.1) is 0 Å². The molecule has 3 nitrogen and oxygen atoms in total. The van der Waals surface area contributed by atoms with Crippen molar-refractivity contribution in [1.29, 1.82) is 0 Å². The Balaban J connectivity index is 3.16. The van der Waals surface area contributed by atoms with Crippen LogP contribution in [0.25, 0.3) is 0 Å². The minimum absolute atomic E-state index is 0.0821. The van der Waals surface area contributed by atoms with Gasteiger partial charge in [0.2, 0.25) is 0 Å².